The lowest BCUT2D eigenvalue weighted by molar-refractivity contribution is -0.120. The van der Waals surface area contributed by atoms with Crippen LogP contribution in [0.3, 0.4) is 0 Å². The second-order valence-electron chi connectivity index (χ2n) is 6.76. The van der Waals surface area contributed by atoms with Crippen LogP contribution in [0.2, 0.25) is 0 Å². The van der Waals surface area contributed by atoms with Gasteiger partial charge in [-0.05, 0) is 60.7 Å². The van der Waals surface area contributed by atoms with Crippen molar-refractivity contribution in [3.63, 3.8) is 0 Å². The van der Waals surface area contributed by atoms with Crippen molar-refractivity contribution in [3.8, 4) is 0 Å². The molecule has 1 atom stereocenters. The number of carbonyl (C=O) groups is 1. The fourth-order valence-electron chi connectivity index (χ4n) is 3.02. The molecule has 0 aliphatic rings. The quantitative estimate of drug-likeness (QED) is 0.673. The molecule has 1 aromatic heterocycles. The predicted octanol–water partition coefficient (Wildman–Crippen LogP) is 4.40. The second kappa shape index (κ2) is 10.0. The lowest BCUT2D eigenvalue weighted by atomic mass is 10.0. The topological polar surface area (TPSA) is 59.2 Å². The molecule has 2 aromatic carbocycles. The lowest BCUT2D eigenvalue weighted by Crippen LogP contribution is -2.40. The van der Waals surface area contributed by atoms with Gasteiger partial charge in [-0.3, -0.25) is 9.78 Å². The van der Waals surface area contributed by atoms with Crippen LogP contribution >= 0.6 is 12.4 Å². The van der Waals surface area contributed by atoms with Crippen LogP contribution in [-0.4, -0.2) is 17.4 Å². The number of hydrogen-bond acceptors (Lipinski definition) is 3. The van der Waals surface area contributed by atoms with Gasteiger partial charge in [0.1, 0.15) is 6.04 Å². The van der Waals surface area contributed by atoms with Crippen LogP contribution in [0.5, 0.6) is 0 Å². The van der Waals surface area contributed by atoms with Crippen LogP contribution in [0.15, 0.2) is 73.1 Å². The molecule has 4 nitrogen and oxygen atoms in total. The maximum atomic E-state index is 13.2. The van der Waals surface area contributed by atoms with E-state index in [1.54, 1.807) is 11.1 Å². The van der Waals surface area contributed by atoms with E-state index in [1.807, 2.05) is 66.9 Å². The van der Waals surface area contributed by atoms with Gasteiger partial charge in [0, 0.05) is 24.6 Å². The first kappa shape index (κ1) is 21.6. The minimum absolute atomic E-state index is 0. The SMILES string of the molecule is Cc1ccc(N(CCc2cccnc2)C(=O)C(N)c2ccccc2)cc1C.Cl. The van der Waals surface area contributed by atoms with Crippen molar-refractivity contribution >= 4 is 24.0 Å². The molecule has 1 heterocycles. The molecule has 28 heavy (non-hydrogen) atoms. The highest BCUT2D eigenvalue weighted by molar-refractivity contribution is 5.97. The van der Waals surface area contributed by atoms with Gasteiger partial charge in [-0.25, -0.2) is 0 Å². The molecular formula is C23H26ClN3O. The number of anilines is 1. The van der Waals surface area contributed by atoms with Gasteiger partial charge >= 0.3 is 0 Å². The zero-order valence-electron chi connectivity index (χ0n) is 16.2. The summed E-state index contributed by atoms with van der Waals surface area (Å²) in [5.41, 5.74) is 11.4. The number of halogens is 1. The molecule has 3 rings (SSSR count). The first-order chi connectivity index (χ1) is 13.1. The molecule has 0 bridgehead atoms. The van der Waals surface area contributed by atoms with Crippen molar-refractivity contribution in [2.75, 3.05) is 11.4 Å². The fourth-order valence-corrected chi connectivity index (χ4v) is 3.02. The van der Waals surface area contributed by atoms with Crippen molar-refractivity contribution in [2.24, 2.45) is 5.73 Å². The average molecular weight is 396 g/mol. The van der Waals surface area contributed by atoms with Gasteiger partial charge in [0.05, 0.1) is 0 Å². The van der Waals surface area contributed by atoms with Gasteiger partial charge in [-0.1, -0.05) is 42.5 Å². The number of hydrogen-bond donors (Lipinski definition) is 1. The fraction of sp³-hybridized carbons (Fsp3) is 0.217. The highest BCUT2D eigenvalue weighted by Crippen LogP contribution is 2.23. The third-order valence-electron chi connectivity index (χ3n) is 4.84. The van der Waals surface area contributed by atoms with Gasteiger partial charge in [-0.2, -0.15) is 0 Å². The van der Waals surface area contributed by atoms with Crippen LogP contribution < -0.4 is 10.6 Å². The maximum absolute atomic E-state index is 13.2. The third kappa shape index (κ3) is 5.18. The Kier molecular flexibility index (Phi) is 7.73. The smallest absolute Gasteiger partial charge is 0.248 e. The van der Waals surface area contributed by atoms with Gasteiger partial charge in [0.25, 0.3) is 0 Å². The molecule has 5 heteroatoms. The van der Waals surface area contributed by atoms with Crippen LogP contribution in [0.1, 0.15) is 28.3 Å². The predicted molar refractivity (Wildman–Crippen MR) is 117 cm³/mol. The van der Waals surface area contributed by atoms with Crippen molar-refractivity contribution in [3.05, 3.63) is 95.3 Å². The Morgan fingerprint density at radius 2 is 1.79 bits per heavy atom. The highest BCUT2D eigenvalue weighted by atomic mass is 35.5. The number of aromatic nitrogens is 1. The Morgan fingerprint density at radius 3 is 2.43 bits per heavy atom. The van der Waals surface area contributed by atoms with Crippen molar-refractivity contribution < 1.29 is 4.79 Å². The minimum Gasteiger partial charge on any atom is -0.316 e. The van der Waals surface area contributed by atoms with E-state index in [9.17, 15) is 4.79 Å². The monoisotopic (exact) mass is 395 g/mol. The molecular weight excluding hydrogens is 370 g/mol. The minimum atomic E-state index is -0.693. The van der Waals surface area contributed by atoms with Gasteiger partial charge < -0.3 is 10.6 Å². The van der Waals surface area contributed by atoms with Gasteiger partial charge in [0.15, 0.2) is 0 Å². The summed E-state index contributed by atoms with van der Waals surface area (Å²) in [6, 6.07) is 18.8. The Hall–Kier alpha value is -2.69. The molecule has 1 unspecified atom stereocenters. The first-order valence-corrected chi connectivity index (χ1v) is 9.14. The Balaban J connectivity index is 0.00000280. The van der Waals surface area contributed by atoms with Crippen LogP contribution in [0.25, 0.3) is 0 Å². The normalized spacial score (nSPS) is 11.4. The molecule has 0 aliphatic heterocycles. The summed E-state index contributed by atoms with van der Waals surface area (Å²) in [5, 5.41) is 0. The summed E-state index contributed by atoms with van der Waals surface area (Å²) in [6.07, 6.45) is 4.30. The number of nitrogens with zero attached hydrogens (tertiary/aromatic N) is 2. The summed E-state index contributed by atoms with van der Waals surface area (Å²) in [5.74, 6) is -0.103. The van der Waals surface area contributed by atoms with E-state index in [0.717, 1.165) is 22.4 Å². The van der Waals surface area contributed by atoms with Crippen molar-refractivity contribution in [1.82, 2.24) is 4.98 Å². The number of amides is 1. The Bertz CT molecular complexity index is 900. The maximum Gasteiger partial charge on any atom is 0.248 e. The first-order valence-electron chi connectivity index (χ1n) is 9.14. The molecule has 0 fully saturated rings. The Labute approximate surface area is 172 Å². The largest absolute Gasteiger partial charge is 0.316 e. The van der Waals surface area contributed by atoms with E-state index < -0.39 is 6.04 Å². The highest BCUT2D eigenvalue weighted by Gasteiger charge is 2.24. The number of aryl methyl sites for hydroxylation is 2. The summed E-state index contributed by atoms with van der Waals surface area (Å²) >= 11 is 0. The molecule has 2 N–H and O–H groups in total. The zero-order valence-corrected chi connectivity index (χ0v) is 17.0. The van der Waals surface area contributed by atoms with E-state index in [2.05, 4.69) is 18.8 Å². The second-order valence-corrected chi connectivity index (χ2v) is 6.76. The summed E-state index contributed by atoms with van der Waals surface area (Å²) in [6.45, 7) is 4.67. The number of rotatable bonds is 6. The molecule has 3 aromatic rings. The standard InChI is InChI=1S/C23H25N3O.ClH/c1-17-10-11-21(15-18(17)2)26(14-12-19-7-6-13-25-16-19)23(27)22(24)20-8-4-3-5-9-20;/h3-11,13,15-16,22H,12,14,24H2,1-2H3;1H. The number of nitrogens with two attached hydrogens (primary N) is 1. The van der Waals surface area contributed by atoms with E-state index in [4.69, 9.17) is 5.73 Å². The summed E-state index contributed by atoms with van der Waals surface area (Å²) in [4.78, 5) is 19.2. The van der Waals surface area contributed by atoms with Crippen molar-refractivity contribution in [1.29, 1.82) is 0 Å². The molecule has 1 amide bonds. The molecule has 0 radical (unpaired) electrons. The summed E-state index contributed by atoms with van der Waals surface area (Å²) in [7, 11) is 0. The van der Waals surface area contributed by atoms with Crippen LogP contribution in [0, 0.1) is 13.8 Å². The number of benzene rings is 2. The molecule has 146 valence electrons. The third-order valence-corrected chi connectivity index (χ3v) is 4.84. The van der Waals surface area contributed by atoms with E-state index in [1.165, 1.54) is 5.56 Å². The van der Waals surface area contributed by atoms with Gasteiger partial charge in [-0.15, -0.1) is 12.4 Å². The van der Waals surface area contributed by atoms with E-state index >= 15 is 0 Å². The molecule has 0 aliphatic carbocycles. The zero-order chi connectivity index (χ0) is 19.2. The molecule has 0 saturated heterocycles. The Morgan fingerprint density at radius 1 is 1.04 bits per heavy atom. The summed E-state index contributed by atoms with van der Waals surface area (Å²) < 4.78 is 0. The van der Waals surface area contributed by atoms with Crippen LogP contribution in [-0.2, 0) is 11.2 Å². The number of pyridine rings is 1. The van der Waals surface area contributed by atoms with Crippen LogP contribution in [0.4, 0.5) is 5.69 Å². The van der Waals surface area contributed by atoms with E-state index in [-0.39, 0.29) is 18.3 Å². The van der Waals surface area contributed by atoms with Gasteiger partial charge in [0.2, 0.25) is 5.91 Å². The van der Waals surface area contributed by atoms with Crippen molar-refractivity contribution in [2.45, 2.75) is 26.3 Å². The lowest BCUT2D eigenvalue weighted by Gasteiger charge is -2.27. The molecule has 0 spiro atoms. The molecule has 0 saturated carbocycles. The number of carbonyl (C=O) groups excluding carboxylic acids is 1. The van der Waals surface area contributed by atoms with E-state index in [0.29, 0.717) is 13.0 Å². The average Bonchev–Trinajstić information content (AvgIpc) is 2.71.